The SMILES string of the molecule is Cc1nc2c(NC3CCCCC3)nc(Cl)nc2s1. The summed E-state index contributed by atoms with van der Waals surface area (Å²) in [5, 5.41) is 4.78. The monoisotopic (exact) mass is 282 g/mol. The molecule has 3 rings (SSSR count). The lowest BCUT2D eigenvalue weighted by Gasteiger charge is -2.23. The fourth-order valence-corrected chi connectivity index (χ4v) is 3.45. The van der Waals surface area contributed by atoms with E-state index in [2.05, 4.69) is 20.3 Å². The molecule has 4 nitrogen and oxygen atoms in total. The quantitative estimate of drug-likeness (QED) is 0.852. The Morgan fingerprint density at radius 1 is 1.17 bits per heavy atom. The molecule has 1 fully saturated rings. The average Bonchev–Trinajstić information content (AvgIpc) is 2.71. The van der Waals surface area contributed by atoms with Crippen LogP contribution >= 0.6 is 22.9 Å². The number of anilines is 1. The summed E-state index contributed by atoms with van der Waals surface area (Å²) >= 11 is 7.52. The van der Waals surface area contributed by atoms with Crippen LogP contribution < -0.4 is 5.32 Å². The molecular weight excluding hydrogens is 268 g/mol. The van der Waals surface area contributed by atoms with Crippen LogP contribution in [0.25, 0.3) is 10.3 Å². The van der Waals surface area contributed by atoms with Crippen molar-refractivity contribution >= 4 is 39.1 Å². The van der Waals surface area contributed by atoms with Crippen LogP contribution in [0.1, 0.15) is 37.1 Å². The van der Waals surface area contributed by atoms with E-state index in [0.717, 1.165) is 21.2 Å². The summed E-state index contributed by atoms with van der Waals surface area (Å²) in [6.45, 7) is 1.98. The van der Waals surface area contributed by atoms with Gasteiger partial charge in [0, 0.05) is 6.04 Å². The fourth-order valence-electron chi connectivity index (χ4n) is 2.44. The molecule has 0 amide bonds. The Hall–Kier alpha value is -0.940. The van der Waals surface area contributed by atoms with E-state index in [1.54, 1.807) is 11.3 Å². The molecule has 0 bridgehead atoms. The molecule has 6 heteroatoms. The molecular formula is C12H15ClN4S. The summed E-state index contributed by atoms with van der Waals surface area (Å²) < 4.78 is 0. The Balaban J connectivity index is 1.94. The van der Waals surface area contributed by atoms with Crippen LogP contribution in [0.4, 0.5) is 5.82 Å². The van der Waals surface area contributed by atoms with Crippen LogP contribution in [0, 0.1) is 6.92 Å². The normalized spacial score (nSPS) is 17.2. The van der Waals surface area contributed by atoms with Gasteiger partial charge in [0.05, 0.1) is 5.01 Å². The number of thiazole rings is 1. The zero-order valence-corrected chi connectivity index (χ0v) is 11.8. The molecule has 18 heavy (non-hydrogen) atoms. The van der Waals surface area contributed by atoms with Crippen LogP contribution in [0.5, 0.6) is 0 Å². The number of halogens is 1. The van der Waals surface area contributed by atoms with Crippen LogP contribution in [0.2, 0.25) is 5.28 Å². The minimum Gasteiger partial charge on any atom is -0.365 e. The van der Waals surface area contributed by atoms with Crippen molar-refractivity contribution in [3.05, 3.63) is 10.3 Å². The van der Waals surface area contributed by atoms with E-state index >= 15 is 0 Å². The number of aromatic nitrogens is 3. The van der Waals surface area contributed by atoms with Crippen molar-refractivity contribution in [2.45, 2.75) is 45.1 Å². The van der Waals surface area contributed by atoms with Crippen molar-refractivity contribution in [2.24, 2.45) is 0 Å². The third-order valence-corrected chi connectivity index (χ3v) is 4.32. The number of hydrogen-bond acceptors (Lipinski definition) is 5. The van der Waals surface area contributed by atoms with Crippen molar-refractivity contribution < 1.29 is 0 Å². The molecule has 2 aromatic rings. The Morgan fingerprint density at radius 2 is 1.94 bits per heavy atom. The molecule has 0 spiro atoms. The highest BCUT2D eigenvalue weighted by atomic mass is 35.5. The number of rotatable bonds is 2. The van der Waals surface area contributed by atoms with E-state index in [1.165, 1.54) is 32.1 Å². The van der Waals surface area contributed by atoms with E-state index < -0.39 is 0 Å². The second kappa shape index (κ2) is 4.97. The van der Waals surface area contributed by atoms with Gasteiger partial charge in [0.1, 0.15) is 5.52 Å². The number of hydrogen-bond donors (Lipinski definition) is 1. The molecule has 0 aromatic carbocycles. The van der Waals surface area contributed by atoms with Gasteiger partial charge in [-0.15, -0.1) is 0 Å². The van der Waals surface area contributed by atoms with Crippen LogP contribution in [0.3, 0.4) is 0 Å². The van der Waals surface area contributed by atoms with E-state index in [4.69, 9.17) is 11.6 Å². The summed E-state index contributed by atoms with van der Waals surface area (Å²) in [6.07, 6.45) is 6.32. The molecule has 2 aromatic heterocycles. The molecule has 1 aliphatic rings. The topological polar surface area (TPSA) is 50.7 Å². The Kier molecular flexibility index (Phi) is 3.35. The molecule has 0 saturated heterocycles. The molecule has 0 aliphatic heterocycles. The summed E-state index contributed by atoms with van der Waals surface area (Å²) in [4.78, 5) is 13.9. The van der Waals surface area contributed by atoms with E-state index in [0.29, 0.717) is 11.3 Å². The number of nitrogens with one attached hydrogen (secondary N) is 1. The van der Waals surface area contributed by atoms with Crippen molar-refractivity contribution in [2.75, 3.05) is 5.32 Å². The van der Waals surface area contributed by atoms with Gasteiger partial charge in [-0.05, 0) is 31.4 Å². The minimum atomic E-state index is 0.296. The first-order valence-electron chi connectivity index (χ1n) is 6.29. The van der Waals surface area contributed by atoms with Gasteiger partial charge >= 0.3 is 0 Å². The van der Waals surface area contributed by atoms with Gasteiger partial charge in [-0.2, -0.15) is 4.98 Å². The summed E-state index contributed by atoms with van der Waals surface area (Å²) in [5.41, 5.74) is 0.854. The lowest BCUT2D eigenvalue weighted by molar-refractivity contribution is 0.462. The predicted molar refractivity (Wildman–Crippen MR) is 75.5 cm³/mol. The molecule has 1 N–H and O–H groups in total. The highest BCUT2D eigenvalue weighted by Gasteiger charge is 2.17. The first-order valence-corrected chi connectivity index (χ1v) is 7.49. The summed E-state index contributed by atoms with van der Waals surface area (Å²) in [5.74, 6) is 0.793. The number of nitrogens with zero attached hydrogens (tertiary/aromatic N) is 3. The van der Waals surface area contributed by atoms with Crippen molar-refractivity contribution in [1.82, 2.24) is 15.0 Å². The number of aryl methyl sites for hydroxylation is 1. The van der Waals surface area contributed by atoms with Gasteiger partial charge in [-0.25, -0.2) is 9.97 Å². The first-order chi connectivity index (χ1) is 8.72. The second-order valence-corrected chi connectivity index (χ2v) is 6.23. The van der Waals surface area contributed by atoms with Gasteiger partial charge in [-0.3, -0.25) is 0 Å². The maximum Gasteiger partial charge on any atom is 0.225 e. The Labute approximate surface area is 115 Å². The van der Waals surface area contributed by atoms with E-state index in [1.807, 2.05) is 6.92 Å². The largest absolute Gasteiger partial charge is 0.365 e. The Morgan fingerprint density at radius 3 is 2.72 bits per heavy atom. The maximum absolute atomic E-state index is 5.97. The predicted octanol–water partition coefficient (Wildman–Crippen LogP) is 3.79. The van der Waals surface area contributed by atoms with Crippen molar-refractivity contribution in [3.8, 4) is 0 Å². The highest BCUT2D eigenvalue weighted by Crippen LogP contribution is 2.28. The van der Waals surface area contributed by atoms with Gasteiger partial charge in [0.15, 0.2) is 10.6 Å². The molecule has 1 saturated carbocycles. The third-order valence-electron chi connectivity index (χ3n) is 3.28. The minimum absolute atomic E-state index is 0.296. The molecule has 96 valence electrons. The summed E-state index contributed by atoms with van der Waals surface area (Å²) in [7, 11) is 0. The maximum atomic E-state index is 5.97. The Bertz CT molecular complexity index is 562. The third kappa shape index (κ3) is 2.42. The van der Waals surface area contributed by atoms with Gasteiger partial charge in [0.2, 0.25) is 5.28 Å². The highest BCUT2D eigenvalue weighted by molar-refractivity contribution is 7.18. The molecule has 0 radical (unpaired) electrons. The van der Waals surface area contributed by atoms with Crippen molar-refractivity contribution in [3.63, 3.8) is 0 Å². The standard InChI is InChI=1S/C12H15ClN4S/c1-7-14-9-10(15-8-5-3-2-4-6-8)16-12(13)17-11(9)18-7/h8H,2-6H2,1H3,(H,15,16,17). The number of fused-ring (bicyclic) bond motifs is 1. The van der Waals surface area contributed by atoms with Crippen LogP contribution in [-0.2, 0) is 0 Å². The second-order valence-electron chi connectivity index (χ2n) is 4.71. The first kappa shape index (κ1) is 12.1. The van der Waals surface area contributed by atoms with E-state index in [-0.39, 0.29) is 0 Å². The smallest absolute Gasteiger partial charge is 0.225 e. The van der Waals surface area contributed by atoms with Crippen LogP contribution in [-0.4, -0.2) is 21.0 Å². The fraction of sp³-hybridized carbons (Fsp3) is 0.583. The van der Waals surface area contributed by atoms with E-state index in [9.17, 15) is 0 Å². The van der Waals surface area contributed by atoms with Crippen molar-refractivity contribution in [1.29, 1.82) is 0 Å². The molecule has 2 heterocycles. The summed E-state index contributed by atoms with van der Waals surface area (Å²) in [6, 6.07) is 0.495. The average molecular weight is 283 g/mol. The lowest BCUT2D eigenvalue weighted by atomic mass is 9.95. The van der Waals surface area contributed by atoms with Gasteiger partial charge in [0.25, 0.3) is 0 Å². The van der Waals surface area contributed by atoms with Gasteiger partial charge < -0.3 is 5.32 Å². The molecule has 1 aliphatic carbocycles. The van der Waals surface area contributed by atoms with Gasteiger partial charge in [-0.1, -0.05) is 30.6 Å². The molecule has 0 unspecified atom stereocenters. The zero-order valence-electron chi connectivity index (χ0n) is 10.2. The van der Waals surface area contributed by atoms with Crippen LogP contribution in [0.15, 0.2) is 0 Å². The lowest BCUT2D eigenvalue weighted by Crippen LogP contribution is -2.23. The molecule has 0 atom stereocenters. The zero-order chi connectivity index (χ0) is 12.5.